The number of aromatic nitrogens is 2. The summed E-state index contributed by atoms with van der Waals surface area (Å²) in [7, 11) is 0. The van der Waals surface area contributed by atoms with Crippen LogP contribution in [-0.2, 0) is 0 Å². The number of hydrogen-bond donors (Lipinski definition) is 2. The number of nitrogens with two attached hydrogens (primary N) is 1. The standard InChI is InChI=1S/C24H28ClN5O/c25-12-15-30-13-10-18(11-14-30)16-27-24-22(23(26)28-17-29-24)19-6-8-21(9-7-19)31-20-4-2-1-3-5-20/h1-9,17-18H,10-16H2,(H3,26,27,28,29). The minimum atomic E-state index is 0.464. The van der Waals surface area contributed by atoms with Gasteiger partial charge >= 0.3 is 0 Å². The van der Waals surface area contributed by atoms with Crippen LogP contribution < -0.4 is 15.8 Å². The Bertz CT molecular complexity index is 959. The fourth-order valence-electron chi connectivity index (χ4n) is 3.91. The lowest BCUT2D eigenvalue weighted by atomic mass is 9.96. The van der Waals surface area contributed by atoms with Gasteiger partial charge in [-0.25, -0.2) is 9.97 Å². The number of hydrogen-bond acceptors (Lipinski definition) is 6. The summed E-state index contributed by atoms with van der Waals surface area (Å²) in [5, 5.41) is 3.52. The van der Waals surface area contributed by atoms with E-state index in [1.807, 2.05) is 54.6 Å². The first-order valence-electron chi connectivity index (χ1n) is 10.7. The summed E-state index contributed by atoms with van der Waals surface area (Å²) in [5.41, 5.74) is 8.02. The Labute approximate surface area is 188 Å². The van der Waals surface area contributed by atoms with Gasteiger partial charge in [-0.1, -0.05) is 30.3 Å². The number of likely N-dealkylation sites (tertiary alicyclic amines) is 1. The summed E-state index contributed by atoms with van der Waals surface area (Å²) >= 11 is 5.87. The van der Waals surface area contributed by atoms with Crippen molar-refractivity contribution in [2.45, 2.75) is 12.8 Å². The highest BCUT2D eigenvalue weighted by Gasteiger charge is 2.20. The third kappa shape index (κ3) is 5.66. The molecule has 3 N–H and O–H groups in total. The van der Waals surface area contributed by atoms with Crippen LogP contribution >= 0.6 is 11.6 Å². The Morgan fingerprint density at radius 3 is 2.42 bits per heavy atom. The fraction of sp³-hybridized carbons (Fsp3) is 0.333. The molecule has 0 bridgehead atoms. The third-order valence-electron chi connectivity index (χ3n) is 5.66. The second kappa shape index (κ2) is 10.5. The van der Waals surface area contributed by atoms with E-state index in [9.17, 15) is 0 Å². The SMILES string of the molecule is Nc1ncnc(NCC2CCN(CCCl)CC2)c1-c1ccc(Oc2ccccc2)cc1. The van der Waals surface area contributed by atoms with Gasteiger partial charge in [0.25, 0.3) is 0 Å². The van der Waals surface area contributed by atoms with Gasteiger partial charge < -0.3 is 20.7 Å². The van der Waals surface area contributed by atoms with Crippen LogP contribution in [0.5, 0.6) is 11.5 Å². The second-order valence-electron chi connectivity index (χ2n) is 7.78. The molecule has 0 saturated carbocycles. The molecule has 6 nitrogen and oxygen atoms in total. The molecule has 0 amide bonds. The second-order valence-corrected chi connectivity index (χ2v) is 8.15. The van der Waals surface area contributed by atoms with E-state index >= 15 is 0 Å². The summed E-state index contributed by atoms with van der Waals surface area (Å²) in [6.07, 6.45) is 3.83. The van der Waals surface area contributed by atoms with Crippen LogP contribution in [0.1, 0.15) is 12.8 Å². The first-order valence-corrected chi connectivity index (χ1v) is 11.2. The molecular formula is C24H28ClN5O. The van der Waals surface area contributed by atoms with E-state index in [2.05, 4.69) is 20.2 Å². The Balaban J connectivity index is 1.43. The Morgan fingerprint density at radius 1 is 1.00 bits per heavy atom. The van der Waals surface area contributed by atoms with Crippen LogP contribution in [0.4, 0.5) is 11.6 Å². The minimum Gasteiger partial charge on any atom is -0.457 e. The number of benzene rings is 2. The molecule has 31 heavy (non-hydrogen) atoms. The van der Waals surface area contributed by atoms with Gasteiger partial charge in [0.15, 0.2) is 0 Å². The van der Waals surface area contributed by atoms with Crippen molar-refractivity contribution in [3.63, 3.8) is 0 Å². The van der Waals surface area contributed by atoms with E-state index in [4.69, 9.17) is 22.1 Å². The number of nitrogens with zero attached hydrogens (tertiary/aromatic N) is 3. The fourth-order valence-corrected chi connectivity index (χ4v) is 4.15. The number of para-hydroxylation sites is 1. The lowest BCUT2D eigenvalue weighted by Crippen LogP contribution is -2.37. The number of ether oxygens (including phenoxy) is 1. The molecule has 162 valence electrons. The molecule has 0 spiro atoms. The smallest absolute Gasteiger partial charge is 0.139 e. The largest absolute Gasteiger partial charge is 0.457 e. The van der Waals surface area contributed by atoms with Gasteiger partial charge in [-0.05, 0) is 61.7 Å². The van der Waals surface area contributed by atoms with Crippen molar-refractivity contribution in [2.24, 2.45) is 5.92 Å². The molecule has 0 atom stereocenters. The molecule has 7 heteroatoms. The molecule has 0 aliphatic carbocycles. The quantitative estimate of drug-likeness (QED) is 0.489. The lowest BCUT2D eigenvalue weighted by molar-refractivity contribution is 0.199. The zero-order valence-electron chi connectivity index (χ0n) is 17.5. The maximum atomic E-state index is 6.23. The van der Waals surface area contributed by atoms with Crippen LogP contribution in [0, 0.1) is 5.92 Å². The van der Waals surface area contributed by atoms with Gasteiger partial charge in [0.1, 0.15) is 29.5 Å². The molecule has 1 aliphatic heterocycles. The number of piperidine rings is 1. The molecule has 1 saturated heterocycles. The van der Waals surface area contributed by atoms with Gasteiger partial charge in [0.2, 0.25) is 0 Å². The zero-order chi connectivity index (χ0) is 21.5. The van der Waals surface area contributed by atoms with Gasteiger partial charge in [0, 0.05) is 19.0 Å². The Hall–Kier alpha value is -2.83. The number of halogens is 1. The van der Waals surface area contributed by atoms with E-state index < -0.39 is 0 Å². The number of alkyl halides is 1. The highest BCUT2D eigenvalue weighted by molar-refractivity contribution is 6.18. The monoisotopic (exact) mass is 437 g/mol. The Kier molecular flexibility index (Phi) is 7.22. The van der Waals surface area contributed by atoms with E-state index in [0.717, 1.165) is 67.5 Å². The van der Waals surface area contributed by atoms with Crippen LogP contribution in [0.25, 0.3) is 11.1 Å². The summed E-state index contributed by atoms with van der Waals surface area (Å²) in [5.74, 6) is 4.11. The van der Waals surface area contributed by atoms with Gasteiger partial charge in [-0.3, -0.25) is 0 Å². The van der Waals surface area contributed by atoms with E-state index in [1.54, 1.807) is 0 Å². The normalized spacial score (nSPS) is 15.0. The van der Waals surface area contributed by atoms with Crippen molar-refractivity contribution < 1.29 is 4.74 Å². The maximum Gasteiger partial charge on any atom is 0.139 e. The van der Waals surface area contributed by atoms with Crippen molar-refractivity contribution in [3.8, 4) is 22.6 Å². The number of anilines is 2. The first kappa shape index (κ1) is 21.4. The minimum absolute atomic E-state index is 0.464. The molecule has 3 aromatic rings. The van der Waals surface area contributed by atoms with Crippen LogP contribution in [0.3, 0.4) is 0 Å². The van der Waals surface area contributed by atoms with E-state index in [0.29, 0.717) is 17.6 Å². The molecule has 0 unspecified atom stereocenters. The summed E-state index contributed by atoms with van der Waals surface area (Å²) in [6.45, 7) is 4.03. The predicted octanol–water partition coefficient (Wildman–Crippen LogP) is 4.88. The van der Waals surface area contributed by atoms with Crippen LogP contribution in [0.2, 0.25) is 0 Å². The average molecular weight is 438 g/mol. The molecule has 2 heterocycles. The molecule has 2 aromatic carbocycles. The number of nitrogen functional groups attached to an aromatic ring is 1. The molecule has 1 aliphatic rings. The maximum absolute atomic E-state index is 6.23. The van der Waals surface area contributed by atoms with Crippen molar-refractivity contribution >= 4 is 23.2 Å². The molecule has 1 fully saturated rings. The van der Waals surface area contributed by atoms with Crippen LogP contribution in [0.15, 0.2) is 60.9 Å². The van der Waals surface area contributed by atoms with Gasteiger partial charge in [-0.15, -0.1) is 11.6 Å². The first-order chi connectivity index (χ1) is 15.2. The average Bonchev–Trinajstić information content (AvgIpc) is 2.80. The Morgan fingerprint density at radius 2 is 1.71 bits per heavy atom. The van der Waals surface area contributed by atoms with Crippen molar-refractivity contribution in [3.05, 3.63) is 60.9 Å². The van der Waals surface area contributed by atoms with Gasteiger partial charge in [-0.2, -0.15) is 0 Å². The van der Waals surface area contributed by atoms with Crippen molar-refractivity contribution in [2.75, 3.05) is 43.1 Å². The predicted molar refractivity (Wildman–Crippen MR) is 127 cm³/mol. The third-order valence-corrected chi connectivity index (χ3v) is 5.83. The topological polar surface area (TPSA) is 76.3 Å². The van der Waals surface area contributed by atoms with Crippen molar-refractivity contribution in [1.29, 1.82) is 0 Å². The highest BCUT2D eigenvalue weighted by atomic mass is 35.5. The van der Waals surface area contributed by atoms with Crippen molar-refractivity contribution in [1.82, 2.24) is 14.9 Å². The van der Waals surface area contributed by atoms with Gasteiger partial charge in [0.05, 0.1) is 5.56 Å². The molecule has 1 aromatic heterocycles. The summed E-state index contributed by atoms with van der Waals surface area (Å²) in [4.78, 5) is 11.1. The molecule has 0 radical (unpaired) electrons. The van der Waals surface area contributed by atoms with Crippen LogP contribution in [-0.4, -0.2) is 46.9 Å². The van der Waals surface area contributed by atoms with E-state index in [1.165, 1.54) is 6.33 Å². The number of nitrogens with one attached hydrogen (secondary N) is 1. The summed E-state index contributed by atoms with van der Waals surface area (Å²) < 4.78 is 5.89. The summed E-state index contributed by atoms with van der Waals surface area (Å²) in [6, 6.07) is 17.6. The lowest BCUT2D eigenvalue weighted by Gasteiger charge is -2.31. The molecule has 4 rings (SSSR count). The zero-order valence-corrected chi connectivity index (χ0v) is 18.3. The molecular weight excluding hydrogens is 410 g/mol. The number of rotatable bonds is 8. The highest BCUT2D eigenvalue weighted by Crippen LogP contribution is 2.33. The van der Waals surface area contributed by atoms with E-state index in [-0.39, 0.29) is 0 Å².